The van der Waals surface area contributed by atoms with Gasteiger partial charge in [0.25, 0.3) is 0 Å². The van der Waals surface area contributed by atoms with E-state index in [-0.39, 0.29) is 29.6 Å². The minimum Gasteiger partial charge on any atom is -0.469 e. The maximum absolute atomic E-state index is 12.8. The molecule has 3 heterocycles. The quantitative estimate of drug-likeness (QED) is 0.474. The summed E-state index contributed by atoms with van der Waals surface area (Å²) in [5.41, 5.74) is 3.75. The predicted octanol–water partition coefficient (Wildman–Crippen LogP) is 4.21. The van der Waals surface area contributed by atoms with E-state index >= 15 is 0 Å². The van der Waals surface area contributed by atoms with E-state index in [1.807, 2.05) is 42.6 Å². The van der Waals surface area contributed by atoms with Gasteiger partial charge in [0.05, 0.1) is 53.7 Å². The lowest BCUT2D eigenvalue weighted by molar-refractivity contribution is -0.149. The number of hydrogen-bond acceptors (Lipinski definition) is 8. The third kappa shape index (κ3) is 4.56. The summed E-state index contributed by atoms with van der Waals surface area (Å²) < 4.78 is 12.4. The molecule has 0 bridgehead atoms. The number of benzene rings is 1. The Labute approximate surface area is 221 Å². The fourth-order valence-electron chi connectivity index (χ4n) is 5.54. The van der Waals surface area contributed by atoms with Crippen LogP contribution in [0.2, 0.25) is 0 Å². The molecular weight excluding hydrogens is 484 g/mol. The maximum Gasteiger partial charge on any atom is 0.410 e. The van der Waals surface area contributed by atoms with Gasteiger partial charge in [-0.3, -0.25) is 19.4 Å². The molecule has 3 fully saturated rings. The molecule has 0 unspecified atom stereocenters. The molecule has 1 spiro atoms. The molecule has 10 heteroatoms. The number of carbonyl (C=O) groups is 2. The number of carbonyl (C=O) groups excluding carboxylic acids is 2. The molecule has 3 aromatic rings. The molecule has 3 aliphatic rings. The minimum atomic E-state index is -0.501. The van der Waals surface area contributed by atoms with Gasteiger partial charge in [0, 0.05) is 37.1 Å². The number of amides is 1. The molecule has 0 radical (unpaired) electrons. The van der Waals surface area contributed by atoms with E-state index in [0.717, 1.165) is 66.8 Å². The van der Waals surface area contributed by atoms with Crippen LogP contribution in [0.15, 0.2) is 36.8 Å². The first-order chi connectivity index (χ1) is 18.1. The summed E-state index contributed by atoms with van der Waals surface area (Å²) in [6, 6.07) is 6.37. The fourth-order valence-corrected chi connectivity index (χ4v) is 5.54. The molecule has 1 aromatic carbocycles. The number of fused-ring (bicyclic) bond motifs is 1. The molecule has 10 nitrogen and oxygen atoms in total. The highest BCUT2D eigenvalue weighted by atomic mass is 16.6. The topological polar surface area (TPSA) is 103 Å². The van der Waals surface area contributed by atoms with Crippen LogP contribution in [0.25, 0.3) is 22.3 Å². The van der Waals surface area contributed by atoms with Crippen molar-refractivity contribution in [3.63, 3.8) is 0 Å². The van der Waals surface area contributed by atoms with Gasteiger partial charge in [-0.15, -0.1) is 0 Å². The van der Waals surface area contributed by atoms with Gasteiger partial charge >= 0.3 is 12.1 Å². The van der Waals surface area contributed by atoms with Crippen LogP contribution in [0.1, 0.15) is 52.5 Å². The Hall–Kier alpha value is -3.69. The van der Waals surface area contributed by atoms with Crippen molar-refractivity contribution >= 4 is 28.8 Å². The highest BCUT2D eigenvalue weighted by Crippen LogP contribution is 2.46. The molecule has 0 N–H and O–H groups in total. The van der Waals surface area contributed by atoms with Crippen molar-refractivity contribution in [3.8, 4) is 11.3 Å². The van der Waals surface area contributed by atoms with Gasteiger partial charge in [0.15, 0.2) is 0 Å². The molecule has 0 atom stereocenters. The Balaban J connectivity index is 1.17. The Kier molecular flexibility index (Phi) is 5.81. The smallest absolute Gasteiger partial charge is 0.410 e. The summed E-state index contributed by atoms with van der Waals surface area (Å²) in [5.74, 6) is -0.194. The third-order valence-electron chi connectivity index (χ3n) is 7.90. The normalized spacial score (nSPS) is 22.3. The third-order valence-corrected chi connectivity index (χ3v) is 7.90. The molecule has 6 rings (SSSR count). The van der Waals surface area contributed by atoms with Crippen LogP contribution in [-0.2, 0) is 14.3 Å². The summed E-state index contributed by atoms with van der Waals surface area (Å²) in [5, 5.41) is 4.52. The highest BCUT2D eigenvalue weighted by molar-refractivity contribution is 5.81. The zero-order chi connectivity index (χ0) is 26.7. The second-order valence-corrected chi connectivity index (χ2v) is 11.8. The standard InChI is InChI=1S/C28H34N6O4/c1-27(2,3)38-26(36)33-10-9-32(17-28(33)7-8-28)20-5-6-22-23(13-20)31-24(15-29-22)19-14-30-34(16-19)21-11-18(12-21)25(35)37-4/h5-6,13-16,18,21H,7-12,17H2,1-4H3/t18-,21-. The van der Waals surface area contributed by atoms with E-state index in [9.17, 15) is 9.59 Å². The maximum atomic E-state index is 12.8. The molecule has 200 valence electrons. The van der Waals surface area contributed by atoms with Crippen molar-refractivity contribution < 1.29 is 19.1 Å². The number of hydrogen-bond donors (Lipinski definition) is 0. The molecule has 2 saturated carbocycles. The number of methoxy groups -OCH3 is 1. The predicted molar refractivity (Wildman–Crippen MR) is 142 cm³/mol. The second kappa shape index (κ2) is 8.96. The second-order valence-electron chi connectivity index (χ2n) is 11.8. The first kappa shape index (κ1) is 24.6. The van der Waals surface area contributed by atoms with Gasteiger partial charge in [0.2, 0.25) is 0 Å². The monoisotopic (exact) mass is 518 g/mol. The Morgan fingerprint density at radius 1 is 1.08 bits per heavy atom. The zero-order valence-corrected chi connectivity index (χ0v) is 22.4. The van der Waals surface area contributed by atoms with E-state index in [2.05, 4.69) is 27.1 Å². The summed E-state index contributed by atoms with van der Waals surface area (Å²) >= 11 is 0. The number of anilines is 1. The van der Waals surface area contributed by atoms with E-state index < -0.39 is 5.60 Å². The van der Waals surface area contributed by atoms with Gasteiger partial charge < -0.3 is 14.4 Å². The first-order valence-corrected chi connectivity index (χ1v) is 13.3. The van der Waals surface area contributed by atoms with Crippen LogP contribution >= 0.6 is 0 Å². The van der Waals surface area contributed by atoms with Crippen LogP contribution < -0.4 is 4.90 Å². The fraction of sp³-hybridized carbons (Fsp3) is 0.536. The number of ether oxygens (including phenoxy) is 2. The van der Waals surface area contributed by atoms with Crippen molar-refractivity contribution in [1.82, 2.24) is 24.6 Å². The molecule has 38 heavy (non-hydrogen) atoms. The van der Waals surface area contributed by atoms with Crippen LogP contribution in [0, 0.1) is 5.92 Å². The van der Waals surface area contributed by atoms with Crippen molar-refractivity contribution in [2.45, 2.75) is 63.6 Å². The first-order valence-electron chi connectivity index (χ1n) is 13.3. The van der Waals surface area contributed by atoms with E-state index in [1.54, 1.807) is 12.4 Å². The number of piperazine rings is 1. The Morgan fingerprint density at radius 2 is 1.87 bits per heavy atom. The van der Waals surface area contributed by atoms with E-state index in [1.165, 1.54) is 7.11 Å². The summed E-state index contributed by atoms with van der Waals surface area (Å²) in [6.45, 7) is 7.87. The lowest BCUT2D eigenvalue weighted by atomic mass is 9.80. The molecule has 2 aliphatic carbocycles. The molecule has 1 amide bonds. The minimum absolute atomic E-state index is 0.0442. The Bertz CT molecular complexity index is 1390. The number of rotatable bonds is 4. The number of nitrogens with zero attached hydrogens (tertiary/aromatic N) is 6. The number of esters is 1. The van der Waals surface area contributed by atoms with Gasteiger partial charge in [0.1, 0.15) is 5.60 Å². The van der Waals surface area contributed by atoms with Crippen molar-refractivity contribution in [3.05, 3.63) is 36.8 Å². The lowest BCUT2D eigenvalue weighted by Gasteiger charge is -2.43. The van der Waals surface area contributed by atoms with Gasteiger partial charge in [-0.25, -0.2) is 9.78 Å². The lowest BCUT2D eigenvalue weighted by Crippen LogP contribution is -2.58. The number of aromatic nitrogens is 4. The highest BCUT2D eigenvalue weighted by Gasteiger charge is 2.54. The van der Waals surface area contributed by atoms with Gasteiger partial charge in [-0.2, -0.15) is 5.10 Å². The van der Waals surface area contributed by atoms with Crippen molar-refractivity contribution in [2.24, 2.45) is 5.92 Å². The Morgan fingerprint density at radius 3 is 2.58 bits per heavy atom. The van der Waals surface area contributed by atoms with Crippen LogP contribution in [0.4, 0.5) is 10.5 Å². The SMILES string of the molecule is COC(=O)[C@H]1C[C@H](n2cc(-c3cnc4ccc(N5CCN(C(=O)OC(C)(C)C)C6(CC6)C5)cc4n3)cn2)C1. The van der Waals surface area contributed by atoms with E-state index in [0.29, 0.717) is 6.54 Å². The van der Waals surface area contributed by atoms with Crippen LogP contribution in [-0.4, -0.2) is 74.6 Å². The molecular formula is C28H34N6O4. The largest absolute Gasteiger partial charge is 0.469 e. The molecule has 2 aromatic heterocycles. The molecule has 1 saturated heterocycles. The van der Waals surface area contributed by atoms with Crippen molar-refractivity contribution in [1.29, 1.82) is 0 Å². The van der Waals surface area contributed by atoms with Crippen molar-refractivity contribution in [2.75, 3.05) is 31.6 Å². The summed E-state index contributed by atoms with van der Waals surface area (Å²) in [7, 11) is 1.43. The average Bonchev–Trinajstić information content (AvgIpc) is 3.43. The van der Waals surface area contributed by atoms with Crippen LogP contribution in [0.5, 0.6) is 0 Å². The zero-order valence-electron chi connectivity index (χ0n) is 22.4. The van der Waals surface area contributed by atoms with E-state index in [4.69, 9.17) is 14.5 Å². The van der Waals surface area contributed by atoms with Gasteiger partial charge in [-0.05, 0) is 64.7 Å². The summed E-state index contributed by atoms with van der Waals surface area (Å²) in [6.07, 6.45) is 8.80. The van der Waals surface area contributed by atoms with Gasteiger partial charge in [-0.1, -0.05) is 0 Å². The summed E-state index contributed by atoms with van der Waals surface area (Å²) in [4.78, 5) is 38.3. The molecule has 1 aliphatic heterocycles. The average molecular weight is 519 g/mol. The van der Waals surface area contributed by atoms with Crippen LogP contribution in [0.3, 0.4) is 0 Å².